The number of ether oxygens (including phenoxy) is 1. The molecule has 3 N–H and O–H groups in total. The number of anilines is 4. The number of hydrogen-bond acceptors (Lipinski definition) is 8. The summed E-state index contributed by atoms with van der Waals surface area (Å²) in [6, 6.07) is 35.3. The van der Waals surface area contributed by atoms with Gasteiger partial charge in [-0.25, -0.2) is 0 Å². The van der Waals surface area contributed by atoms with Crippen molar-refractivity contribution < 1.29 is 29.0 Å². The first kappa shape index (κ1) is 36.5. The van der Waals surface area contributed by atoms with Crippen LogP contribution < -0.4 is 20.4 Å². The second-order valence-corrected chi connectivity index (χ2v) is 15.7. The van der Waals surface area contributed by atoms with Gasteiger partial charge >= 0.3 is 0 Å². The second-order valence-electron chi connectivity index (χ2n) is 14.9. The number of nitrogens with zero attached hydrogens (tertiary/aromatic N) is 2. The fourth-order valence-electron chi connectivity index (χ4n) is 9.52. The lowest BCUT2D eigenvalue weighted by Crippen LogP contribution is -2.53. The van der Waals surface area contributed by atoms with Crippen molar-refractivity contribution in [2.24, 2.45) is 23.7 Å². The van der Waals surface area contributed by atoms with Crippen molar-refractivity contribution in [1.82, 2.24) is 5.01 Å². The van der Waals surface area contributed by atoms with E-state index >= 15 is 4.79 Å². The zero-order valence-electron chi connectivity index (χ0n) is 30.6. The Morgan fingerprint density at radius 1 is 0.772 bits per heavy atom. The fraction of sp³-hybridized carbons (Fsp3) is 0.200. The minimum Gasteiger partial charge on any atom is -0.508 e. The Hall–Kier alpha value is -6.10. The van der Waals surface area contributed by atoms with Gasteiger partial charge in [0.1, 0.15) is 11.5 Å². The molecule has 286 valence electrons. The minimum atomic E-state index is -1.51. The van der Waals surface area contributed by atoms with Crippen molar-refractivity contribution in [2.45, 2.75) is 24.2 Å². The number of phenols is 1. The number of hydrogen-bond donors (Lipinski definition) is 3. The molecule has 2 aliphatic heterocycles. The quantitative estimate of drug-likeness (QED) is 0.105. The van der Waals surface area contributed by atoms with Gasteiger partial charge in [-0.05, 0) is 109 Å². The van der Waals surface area contributed by atoms with Crippen molar-refractivity contribution in [1.29, 1.82) is 0 Å². The number of phenolic OH excluding ortho intramolecular Hbond substituents is 1. The summed E-state index contributed by atoms with van der Waals surface area (Å²) in [6.07, 6.45) is 2.39. The highest BCUT2D eigenvalue weighted by atomic mass is 35.5. The number of allylic oxidation sites excluding steroid dienone is 2. The summed E-state index contributed by atoms with van der Waals surface area (Å²) < 4.78 is 5.48. The molecule has 0 aromatic heterocycles. The van der Waals surface area contributed by atoms with Crippen LogP contribution in [0.15, 0.2) is 133 Å². The number of carbonyl (C=O) groups is 4. The van der Waals surface area contributed by atoms with E-state index < -0.39 is 46.8 Å². The van der Waals surface area contributed by atoms with Crippen molar-refractivity contribution in [3.05, 3.63) is 154 Å². The van der Waals surface area contributed by atoms with Gasteiger partial charge in [-0.1, -0.05) is 77.3 Å². The van der Waals surface area contributed by atoms with E-state index in [4.69, 9.17) is 27.9 Å². The maximum atomic E-state index is 15.4. The topological polar surface area (TPSA) is 128 Å². The summed E-state index contributed by atoms with van der Waals surface area (Å²) in [6.45, 7) is 0. The van der Waals surface area contributed by atoms with Crippen LogP contribution in [-0.2, 0) is 24.6 Å². The van der Waals surface area contributed by atoms with E-state index in [0.717, 1.165) is 22.0 Å². The number of rotatable bonds is 8. The molecular formula is C45H36Cl2N4O6. The van der Waals surface area contributed by atoms with Gasteiger partial charge in [-0.15, -0.1) is 0 Å². The predicted molar refractivity (Wildman–Crippen MR) is 217 cm³/mol. The third-order valence-electron chi connectivity index (χ3n) is 12.0. The molecular weight excluding hydrogens is 763 g/mol. The maximum Gasteiger partial charge on any atom is 0.260 e. The van der Waals surface area contributed by atoms with Crippen LogP contribution in [0.5, 0.6) is 11.5 Å². The third-order valence-corrected chi connectivity index (χ3v) is 12.5. The van der Waals surface area contributed by atoms with Gasteiger partial charge in [0, 0.05) is 22.3 Å². The van der Waals surface area contributed by atoms with Crippen molar-refractivity contribution in [3.8, 4) is 11.5 Å². The molecule has 2 heterocycles. The van der Waals surface area contributed by atoms with Crippen LogP contribution in [0.25, 0.3) is 0 Å². The molecule has 10 nitrogen and oxygen atoms in total. The number of hydrazine groups is 1. The maximum absolute atomic E-state index is 15.4. The average Bonchev–Trinajstić information content (AvgIpc) is 3.60. The van der Waals surface area contributed by atoms with Crippen LogP contribution in [-0.4, -0.2) is 40.9 Å². The van der Waals surface area contributed by atoms with Gasteiger partial charge in [-0.3, -0.25) is 29.5 Å². The number of amides is 4. The number of benzene rings is 5. The highest BCUT2D eigenvalue weighted by Crippen LogP contribution is 2.64. The number of halogens is 2. The summed E-state index contributed by atoms with van der Waals surface area (Å²) in [5.74, 6) is -4.77. The number of carbonyl (C=O) groups excluding carboxylic acids is 4. The molecule has 0 bridgehead atoms. The second kappa shape index (κ2) is 14.1. The molecule has 5 aromatic rings. The lowest BCUT2D eigenvalue weighted by atomic mass is 9.49. The van der Waals surface area contributed by atoms with Crippen LogP contribution in [0.3, 0.4) is 0 Å². The SMILES string of the molecule is COc1ccc([C@@]23C(=O)N(Nc4ccc(Cl)cc4Cl)C(=O)[C@@H]2C[C@@H]2C(=CC[C@@H]4C(=O)N(c5ccc(Nc6ccccc6)cc5)C(=O)[C@@H]42)[C@@H]3c2ccc(O)cc2)cc1. The van der Waals surface area contributed by atoms with Gasteiger partial charge in [-0.2, -0.15) is 5.01 Å². The van der Waals surface area contributed by atoms with E-state index in [9.17, 15) is 19.5 Å². The molecule has 0 spiro atoms. The zero-order valence-corrected chi connectivity index (χ0v) is 32.1. The van der Waals surface area contributed by atoms with E-state index in [2.05, 4.69) is 10.7 Å². The van der Waals surface area contributed by atoms with Gasteiger partial charge in [0.25, 0.3) is 11.8 Å². The summed E-state index contributed by atoms with van der Waals surface area (Å²) in [7, 11) is 1.55. The minimum absolute atomic E-state index is 0.0329. The van der Waals surface area contributed by atoms with Crippen LogP contribution >= 0.6 is 23.2 Å². The van der Waals surface area contributed by atoms with Crippen LogP contribution in [0.2, 0.25) is 10.0 Å². The molecule has 2 saturated heterocycles. The molecule has 9 rings (SSSR count). The average molecular weight is 800 g/mol. The first-order chi connectivity index (χ1) is 27.6. The summed E-state index contributed by atoms with van der Waals surface area (Å²) in [5.41, 5.74) is 6.02. The van der Waals surface area contributed by atoms with Crippen molar-refractivity contribution >= 4 is 69.6 Å². The molecule has 0 unspecified atom stereocenters. The Labute approximate surface area is 338 Å². The molecule has 6 atom stereocenters. The Balaban J connectivity index is 1.15. The Morgan fingerprint density at radius 2 is 1.47 bits per heavy atom. The molecule has 4 aliphatic rings. The van der Waals surface area contributed by atoms with E-state index in [-0.39, 0.29) is 35.4 Å². The van der Waals surface area contributed by atoms with Crippen molar-refractivity contribution in [3.63, 3.8) is 0 Å². The highest BCUT2D eigenvalue weighted by molar-refractivity contribution is 6.36. The largest absolute Gasteiger partial charge is 0.508 e. The molecule has 12 heteroatoms. The molecule has 4 amide bonds. The smallest absolute Gasteiger partial charge is 0.260 e. The van der Waals surface area contributed by atoms with Gasteiger partial charge in [0.15, 0.2) is 0 Å². The van der Waals surface area contributed by atoms with Gasteiger partial charge in [0.2, 0.25) is 11.8 Å². The molecule has 1 saturated carbocycles. The highest BCUT2D eigenvalue weighted by Gasteiger charge is 2.70. The van der Waals surface area contributed by atoms with Crippen molar-refractivity contribution in [2.75, 3.05) is 22.8 Å². The third kappa shape index (κ3) is 5.85. The molecule has 2 aliphatic carbocycles. The van der Waals surface area contributed by atoms with E-state index in [1.165, 1.54) is 11.0 Å². The lowest BCUT2D eigenvalue weighted by Gasteiger charge is -2.50. The van der Waals surface area contributed by atoms with E-state index in [1.807, 2.05) is 48.5 Å². The van der Waals surface area contributed by atoms with Crippen LogP contribution in [0, 0.1) is 23.7 Å². The molecule has 57 heavy (non-hydrogen) atoms. The molecule has 3 fully saturated rings. The summed E-state index contributed by atoms with van der Waals surface area (Å²) >= 11 is 12.7. The monoisotopic (exact) mass is 798 g/mol. The number of aromatic hydroxyl groups is 1. The van der Waals surface area contributed by atoms with E-state index in [1.54, 1.807) is 79.9 Å². The Morgan fingerprint density at radius 3 is 2.16 bits per heavy atom. The molecule has 5 aromatic carbocycles. The lowest BCUT2D eigenvalue weighted by molar-refractivity contribution is -0.138. The normalized spacial score (nSPS) is 25.1. The van der Waals surface area contributed by atoms with E-state index in [0.29, 0.717) is 33.3 Å². The number of methoxy groups -OCH3 is 1. The Bertz CT molecular complexity index is 2460. The standard InChI is InChI=1S/C45H36Cl2N4O6/c1-57-32-18-9-26(10-19-32)45-36(42(54)51(44(45)56)49-38-22-11-27(46)23-37(38)47)24-35-33(40(45)25-7-16-31(52)17-8-25)20-21-34-39(35)43(55)50(41(34)53)30-14-12-29(13-15-30)48-28-5-3-2-4-6-28/h2-20,22-23,34-36,39-40,48-49,52H,21,24H2,1H3/t34-,35+,36-,39-,40-,45+/m0/s1. The van der Waals surface area contributed by atoms with Crippen LogP contribution in [0.1, 0.15) is 29.9 Å². The molecule has 0 radical (unpaired) electrons. The number of fused-ring (bicyclic) bond motifs is 4. The first-order valence-electron chi connectivity index (χ1n) is 18.6. The first-order valence-corrected chi connectivity index (χ1v) is 19.4. The summed E-state index contributed by atoms with van der Waals surface area (Å²) in [5, 5.41) is 15.4. The van der Waals surface area contributed by atoms with Gasteiger partial charge < -0.3 is 15.2 Å². The predicted octanol–water partition coefficient (Wildman–Crippen LogP) is 8.64. The Kier molecular flexibility index (Phi) is 9.06. The zero-order chi connectivity index (χ0) is 39.6. The number of nitrogens with one attached hydrogen (secondary N) is 2. The fourth-order valence-corrected chi connectivity index (χ4v) is 9.97. The van der Waals surface area contributed by atoms with Gasteiger partial charge in [0.05, 0.1) is 46.7 Å². The summed E-state index contributed by atoms with van der Waals surface area (Å²) in [4.78, 5) is 60.6. The number of para-hydroxylation sites is 1. The van der Waals surface area contributed by atoms with Crippen LogP contribution in [0.4, 0.5) is 22.7 Å². The number of imide groups is 2.